The smallest absolute Gasteiger partial charge is 0.406 e. The number of aromatic nitrogens is 2. The van der Waals surface area contributed by atoms with Crippen molar-refractivity contribution >= 4 is 18.0 Å². The van der Waals surface area contributed by atoms with Gasteiger partial charge < -0.3 is 24.4 Å². The Balaban J connectivity index is 1.11. The van der Waals surface area contributed by atoms with E-state index in [1.165, 1.54) is 30.3 Å². The molecule has 2 atom stereocenters. The van der Waals surface area contributed by atoms with Gasteiger partial charge in [0.2, 0.25) is 5.91 Å². The Morgan fingerprint density at radius 1 is 1.00 bits per heavy atom. The minimum atomic E-state index is -4.74. The Labute approximate surface area is 206 Å². The summed E-state index contributed by atoms with van der Waals surface area (Å²) in [5.41, 5.74) is 2.66. The van der Waals surface area contributed by atoms with Gasteiger partial charge >= 0.3 is 12.4 Å². The number of hydrogen-bond acceptors (Lipinski definition) is 4. The number of rotatable bonds is 3. The van der Waals surface area contributed by atoms with Crippen molar-refractivity contribution in [3.05, 3.63) is 53.6 Å². The molecule has 0 bridgehead atoms. The minimum Gasteiger partial charge on any atom is -0.406 e. The van der Waals surface area contributed by atoms with Crippen molar-refractivity contribution < 1.29 is 27.5 Å². The number of H-pyrrole nitrogens is 1. The first-order valence-electron chi connectivity index (χ1n) is 12.1. The van der Waals surface area contributed by atoms with E-state index >= 15 is 0 Å². The molecule has 192 valence electrons. The van der Waals surface area contributed by atoms with Gasteiger partial charge in [0.25, 0.3) is 0 Å². The quantitative estimate of drug-likeness (QED) is 0.649. The number of carbonyl (C=O) groups excluding carboxylic acids is 2. The number of urea groups is 1. The normalized spacial score (nSPS) is 22.4. The molecule has 11 heteroatoms. The molecule has 5 rings (SSSR count). The van der Waals surface area contributed by atoms with E-state index in [1.54, 1.807) is 12.4 Å². The number of nitrogens with zero attached hydrogens (tertiary/aromatic N) is 4. The summed E-state index contributed by atoms with van der Waals surface area (Å²) in [6.45, 7) is 3.89. The maximum atomic E-state index is 13.1. The Bertz CT molecular complexity index is 1110. The number of benzene rings is 1. The van der Waals surface area contributed by atoms with Crippen molar-refractivity contribution in [1.29, 1.82) is 0 Å². The van der Waals surface area contributed by atoms with Crippen LogP contribution in [0.5, 0.6) is 5.75 Å². The van der Waals surface area contributed by atoms with E-state index in [0.717, 1.165) is 30.7 Å². The molecule has 1 aromatic heterocycles. The summed E-state index contributed by atoms with van der Waals surface area (Å²) in [4.78, 5) is 38.9. The Morgan fingerprint density at radius 2 is 1.69 bits per heavy atom. The fourth-order valence-electron chi connectivity index (χ4n) is 5.35. The van der Waals surface area contributed by atoms with Crippen LogP contribution in [0.2, 0.25) is 0 Å². The average Bonchev–Trinajstić information content (AvgIpc) is 3.44. The standard InChI is InChI=1S/C25H28F3N5O3/c26-25(27,28)36-20-4-1-17(2-5-20)3-6-23(34)31-10-7-18-13-33(14-19(18)8-11-31)24(35)32-12-9-21-22(15-32)30-16-29-21/h1-6,16,18-19H,7-15H2,(H,29,30)/b6-3+. The highest BCUT2D eigenvalue weighted by atomic mass is 19.4. The van der Waals surface area contributed by atoms with Crippen LogP contribution >= 0.6 is 0 Å². The molecule has 2 aromatic rings. The zero-order valence-corrected chi connectivity index (χ0v) is 19.7. The van der Waals surface area contributed by atoms with Crippen LogP contribution in [0.4, 0.5) is 18.0 Å². The lowest BCUT2D eigenvalue weighted by atomic mass is 9.92. The highest BCUT2D eigenvalue weighted by Crippen LogP contribution is 2.33. The van der Waals surface area contributed by atoms with Crippen LogP contribution in [-0.2, 0) is 17.8 Å². The molecule has 3 aliphatic rings. The number of aromatic amines is 1. The third kappa shape index (κ3) is 5.50. The second-order valence-electron chi connectivity index (χ2n) is 9.56. The lowest BCUT2D eigenvalue weighted by Gasteiger charge is -2.31. The molecular weight excluding hydrogens is 475 g/mol. The molecule has 0 saturated carbocycles. The maximum Gasteiger partial charge on any atom is 0.573 e. The van der Waals surface area contributed by atoms with Crippen molar-refractivity contribution in [3.8, 4) is 5.75 Å². The summed E-state index contributed by atoms with van der Waals surface area (Å²) in [5, 5.41) is 0. The lowest BCUT2D eigenvalue weighted by Crippen LogP contribution is -2.45. The number of imidazole rings is 1. The van der Waals surface area contributed by atoms with Crippen LogP contribution in [0, 0.1) is 11.8 Å². The van der Waals surface area contributed by atoms with Gasteiger partial charge in [0.05, 0.1) is 24.3 Å². The molecule has 0 radical (unpaired) electrons. The average molecular weight is 504 g/mol. The van der Waals surface area contributed by atoms with E-state index in [1.807, 2.05) is 14.7 Å². The monoisotopic (exact) mass is 503 g/mol. The highest BCUT2D eigenvalue weighted by Gasteiger charge is 2.39. The zero-order chi connectivity index (χ0) is 25.3. The molecule has 1 aromatic carbocycles. The van der Waals surface area contributed by atoms with Gasteiger partial charge in [-0.2, -0.15) is 0 Å². The first-order valence-corrected chi connectivity index (χ1v) is 12.1. The number of fused-ring (bicyclic) bond motifs is 2. The van der Waals surface area contributed by atoms with E-state index in [9.17, 15) is 22.8 Å². The fraction of sp³-hybridized carbons (Fsp3) is 0.480. The Kier molecular flexibility index (Phi) is 6.63. The molecule has 4 heterocycles. The van der Waals surface area contributed by atoms with Crippen molar-refractivity contribution in [2.24, 2.45) is 11.8 Å². The van der Waals surface area contributed by atoms with Gasteiger partial charge in [-0.15, -0.1) is 13.2 Å². The SMILES string of the molecule is O=C(/C=C/c1ccc(OC(F)(F)F)cc1)N1CCC2CN(C(=O)N3CCc4nc[nH]c4C3)CC2CC1. The van der Waals surface area contributed by atoms with Crippen LogP contribution in [0.25, 0.3) is 6.08 Å². The van der Waals surface area contributed by atoms with Gasteiger partial charge in [0.1, 0.15) is 5.75 Å². The molecule has 2 fully saturated rings. The Hall–Kier alpha value is -3.50. The van der Waals surface area contributed by atoms with Gasteiger partial charge in [-0.25, -0.2) is 9.78 Å². The highest BCUT2D eigenvalue weighted by molar-refractivity contribution is 5.91. The van der Waals surface area contributed by atoms with Crippen LogP contribution in [0.1, 0.15) is 29.8 Å². The van der Waals surface area contributed by atoms with Crippen LogP contribution in [0.15, 0.2) is 36.7 Å². The number of halogens is 3. The molecule has 3 amide bonds. The van der Waals surface area contributed by atoms with Crippen molar-refractivity contribution in [1.82, 2.24) is 24.7 Å². The molecule has 0 spiro atoms. The predicted molar refractivity (Wildman–Crippen MR) is 125 cm³/mol. The number of amides is 3. The van der Waals surface area contributed by atoms with Crippen molar-refractivity contribution in [2.75, 3.05) is 32.7 Å². The molecule has 0 aliphatic carbocycles. The number of ether oxygens (including phenoxy) is 1. The topological polar surface area (TPSA) is 81.8 Å². The van der Waals surface area contributed by atoms with Gasteiger partial charge in [0.15, 0.2) is 0 Å². The molecule has 8 nitrogen and oxygen atoms in total. The number of nitrogens with one attached hydrogen (secondary N) is 1. The van der Waals surface area contributed by atoms with Gasteiger partial charge in [-0.05, 0) is 48.4 Å². The first kappa shape index (κ1) is 24.2. The van der Waals surface area contributed by atoms with Crippen LogP contribution in [0.3, 0.4) is 0 Å². The summed E-state index contributed by atoms with van der Waals surface area (Å²) >= 11 is 0. The van der Waals surface area contributed by atoms with E-state index in [4.69, 9.17) is 0 Å². The molecule has 2 unspecified atom stereocenters. The van der Waals surface area contributed by atoms with Gasteiger partial charge in [0, 0.05) is 45.2 Å². The van der Waals surface area contributed by atoms with Gasteiger partial charge in [-0.1, -0.05) is 12.1 Å². The summed E-state index contributed by atoms with van der Waals surface area (Å²) in [7, 11) is 0. The van der Waals surface area contributed by atoms with E-state index in [0.29, 0.717) is 56.7 Å². The lowest BCUT2D eigenvalue weighted by molar-refractivity contribution is -0.274. The molecular formula is C25H28F3N5O3. The molecule has 1 N–H and O–H groups in total. The largest absolute Gasteiger partial charge is 0.573 e. The second kappa shape index (κ2) is 9.87. The Morgan fingerprint density at radius 3 is 2.36 bits per heavy atom. The predicted octanol–water partition coefficient (Wildman–Crippen LogP) is 3.67. The summed E-state index contributed by atoms with van der Waals surface area (Å²) in [5.74, 6) is 0.305. The first-order chi connectivity index (χ1) is 17.2. The van der Waals surface area contributed by atoms with E-state index in [2.05, 4.69) is 14.7 Å². The van der Waals surface area contributed by atoms with E-state index in [-0.39, 0.29) is 17.7 Å². The summed E-state index contributed by atoms with van der Waals surface area (Å²) in [6.07, 6.45) is 2.43. The summed E-state index contributed by atoms with van der Waals surface area (Å²) < 4.78 is 40.7. The maximum absolute atomic E-state index is 13.1. The number of hydrogen-bond donors (Lipinski definition) is 1. The zero-order valence-electron chi connectivity index (χ0n) is 19.7. The van der Waals surface area contributed by atoms with E-state index < -0.39 is 6.36 Å². The minimum absolute atomic E-state index is 0.0749. The second-order valence-corrected chi connectivity index (χ2v) is 9.56. The van der Waals surface area contributed by atoms with Crippen LogP contribution in [-0.4, -0.2) is 75.7 Å². The fourth-order valence-corrected chi connectivity index (χ4v) is 5.35. The van der Waals surface area contributed by atoms with Gasteiger partial charge in [-0.3, -0.25) is 4.79 Å². The van der Waals surface area contributed by atoms with Crippen LogP contribution < -0.4 is 4.74 Å². The number of alkyl halides is 3. The molecule has 2 saturated heterocycles. The molecule has 3 aliphatic heterocycles. The molecule has 36 heavy (non-hydrogen) atoms. The third-order valence-corrected chi connectivity index (χ3v) is 7.28. The third-order valence-electron chi connectivity index (χ3n) is 7.28. The van der Waals surface area contributed by atoms with Crippen molar-refractivity contribution in [3.63, 3.8) is 0 Å². The summed E-state index contributed by atoms with van der Waals surface area (Å²) in [6, 6.07) is 5.45. The number of carbonyl (C=O) groups is 2. The van der Waals surface area contributed by atoms with Crippen molar-refractivity contribution in [2.45, 2.75) is 32.2 Å². The number of likely N-dealkylation sites (tertiary alicyclic amines) is 2.